The zero-order valence-electron chi connectivity index (χ0n) is 11.5. The molecule has 1 aliphatic rings. The summed E-state index contributed by atoms with van der Waals surface area (Å²) in [7, 11) is 0. The van der Waals surface area contributed by atoms with Gasteiger partial charge in [-0.1, -0.05) is 46.4 Å². The van der Waals surface area contributed by atoms with Crippen LogP contribution in [0.1, 0.15) is 28.9 Å². The summed E-state index contributed by atoms with van der Waals surface area (Å²) in [6.07, 6.45) is 3.13. The summed E-state index contributed by atoms with van der Waals surface area (Å²) in [5, 5.41) is 3.82. The van der Waals surface area contributed by atoms with Crippen molar-refractivity contribution in [2.45, 2.75) is 19.3 Å². The molecule has 0 bridgehead atoms. The Labute approximate surface area is 132 Å². The first-order chi connectivity index (χ1) is 10.2. The van der Waals surface area contributed by atoms with Crippen molar-refractivity contribution in [2.75, 3.05) is 13.1 Å². The van der Waals surface area contributed by atoms with Gasteiger partial charge in [0.25, 0.3) is 5.91 Å². The minimum Gasteiger partial charge on any atom is -0.337 e. The van der Waals surface area contributed by atoms with Gasteiger partial charge in [-0.2, -0.15) is 0 Å². The van der Waals surface area contributed by atoms with Gasteiger partial charge in [0.1, 0.15) is 4.34 Å². The predicted octanol–water partition coefficient (Wildman–Crippen LogP) is 3.29. The number of amides is 1. The zero-order valence-corrected chi connectivity index (χ0v) is 13.1. The second kappa shape index (κ2) is 6.54. The monoisotopic (exact) mass is 321 g/mol. The van der Waals surface area contributed by atoms with Crippen molar-refractivity contribution in [3.8, 4) is 0 Å². The van der Waals surface area contributed by atoms with E-state index in [0.29, 0.717) is 15.9 Å². The van der Waals surface area contributed by atoms with Crippen LogP contribution in [-0.2, 0) is 6.42 Å². The molecule has 0 aliphatic carbocycles. The molecule has 0 spiro atoms. The highest BCUT2D eigenvalue weighted by molar-refractivity contribution is 7.10. The number of benzene rings is 1. The van der Waals surface area contributed by atoms with Crippen LogP contribution in [0.2, 0.25) is 4.34 Å². The van der Waals surface area contributed by atoms with Crippen LogP contribution < -0.4 is 0 Å². The fraction of sp³-hybridized carbons (Fsp3) is 0.400. The Morgan fingerprint density at radius 3 is 2.62 bits per heavy atom. The van der Waals surface area contributed by atoms with E-state index < -0.39 is 0 Å². The molecule has 1 amide bonds. The summed E-state index contributed by atoms with van der Waals surface area (Å²) >= 11 is 6.99. The molecule has 0 atom stereocenters. The number of nitrogens with zero attached hydrogens (tertiary/aromatic N) is 3. The molecule has 1 aliphatic heterocycles. The third-order valence-corrected chi connectivity index (χ3v) is 4.82. The molecule has 2 aromatic rings. The smallest absolute Gasteiger partial charge is 0.276 e. The molecule has 21 heavy (non-hydrogen) atoms. The molecule has 1 saturated heterocycles. The first-order valence-electron chi connectivity index (χ1n) is 7.05. The predicted molar refractivity (Wildman–Crippen MR) is 83.7 cm³/mol. The van der Waals surface area contributed by atoms with Gasteiger partial charge < -0.3 is 4.90 Å². The average molecular weight is 322 g/mol. The van der Waals surface area contributed by atoms with Crippen LogP contribution in [0.25, 0.3) is 0 Å². The van der Waals surface area contributed by atoms with Crippen molar-refractivity contribution in [3.05, 3.63) is 45.9 Å². The molecule has 110 valence electrons. The van der Waals surface area contributed by atoms with Crippen LogP contribution in [0.4, 0.5) is 0 Å². The lowest BCUT2D eigenvalue weighted by Crippen LogP contribution is -2.39. The van der Waals surface area contributed by atoms with Gasteiger partial charge in [-0.15, -0.1) is 5.10 Å². The maximum absolute atomic E-state index is 12.3. The molecular formula is C15H16ClN3OS. The van der Waals surface area contributed by atoms with Crippen LogP contribution in [0.3, 0.4) is 0 Å². The minimum atomic E-state index is -0.0908. The number of hydrogen-bond acceptors (Lipinski definition) is 4. The topological polar surface area (TPSA) is 46.1 Å². The first-order valence-corrected chi connectivity index (χ1v) is 8.20. The SMILES string of the molecule is O=C(c1nnsc1Cl)N1CCC(Cc2ccccc2)CC1. The fourth-order valence-electron chi connectivity index (χ4n) is 2.74. The fourth-order valence-corrected chi connectivity index (χ4v) is 3.36. The normalized spacial score (nSPS) is 16.1. The number of carbonyl (C=O) groups is 1. The van der Waals surface area contributed by atoms with E-state index in [1.807, 2.05) is 11.0 Å². The number of aromatic nitrogens is 2. The van der Waals surface area contributed by atoms with Crippen molar-refractivity contribution in [3.63, 3.8) is 0 Å². The molecule has 1 fully saturated rings. The van der Waals surface area contributed by atoms with Gasteiger partial charge in [-0.25, -0.2) is 0 Å². The Kier molecular flexibility index (Phi) is 4.51. The van der Waals surface area contributed by atoms with Crippen LogP contribution in [0.15, 0.2) is 30.3 Å². The van der Waals surface area contributed by atoms with Crippen LogP contribution >= 0.6 is 23.1 Å². The molecule has 0 radical (unpaired) electrons. The highest BCUT2D eigenvalue weighted by atomic mass is 35.5. The molecule has 0 saturated carbocycles. The van der Waals surface area contributed by atoms with E-state index >= 15 is 0 Å². The molecule has 6 heteroatoms. The van der Waals surface area contributed by atoms with Gasteiger partial charge in [-0.05, 0) is 30.7 Å². The van der Waals surface area contributed by atoms with Crippen LogP contribution in [-0.4, -0.2) is 33.5 Å². The summed E-state index contributed by atoms with van der Waals surface area (Å²) in [5.74, 6) is 0.549. The van der Waals surface area contributed by atoms with Crippen molar-refractivity contribution in [1.29, 1.82) is 0 Å². The van der Waals surface area contributed by atoms with Gasteiger partial charge in [-0.3, -0.25) is 4.79 Å². The molecule has 0 N–H and O–H groups in total. The molecule has 3 rings (SSSR count). The quantitative estimate of drug-likeness (QED) is 0.871. The summed E-state index contributed by atoms with van der Waals surface area (Å²) in [5.41, 5.74) is 1.66. The van der Waals surface area contributed by atoms with Crippen LogP contribution in [0, 0.1) is 5.92 Å². The highest BCUT2D eigenvalue weighted by Crippen LogP contribution is 2.25. The molecule has 1 aromatic heterocycles. The maximum atomic E-state index is 12.3. The molecule has 0 unspecified atom stereocenters. The third kappa shape index (κ3) is 3.41. The van der Waals surface area contributed by atoms with Gasteiger partial charge >= 0.3 is 0 Å². The number of halogens is 1. The minimum absolute atomic E-state index is 0.0908. The Morgan fingerprint density at radius 1 is 1.29 bits per heavy atom. The Hall–Kier alpha value is -1.46. The number of piperidine rings is 1. The molecule has 4 nitrogen and oxygen atoms in total. The van der Waals surface area contributed by atoms with E-state index in [1.165, 1.54) is 5.56 Å². The highest BCUT2D eigenvalue weighted by Gasteiger charge is 2.26. The number of carbonyl (C=O) groups excluding carboxylic acids is 1. The van der Waals surface area contributed by atoms with E-state index in [0.717, 1.165) is 43.9 Å². The van der Waals surface area contributed by atoms with Crippen LogP contribution in [0.5, 0.6) is 0 Å². The van der Waals surface area contributed by atoms with Gasteiger partial charge in [0.2, 0.25) is 0 Å². The third-order valence-electron chi connectivity index (χ3n) is 3.92. The number of hydrogen-bond donors (Lipinski definition) is 0. The Morgan fingerprint density at radius 2 is 2.00 bits per heavy atom. The summed E-state index contributed by atoms with van der Waals surface area (Å²) in [4.78, 5) is 14.1. The second-order valence-electron chi connectivity index (χ2n) is 5.32. The standard InChI is InChI=1S/C15H16ClN3OS/c16-14-13(17-18-21-14)15(20)19-8-6-12(7-9-19)10-11-4-2-1-3-5-11/h1-5,12H,6-10H2. The van der Waals surface area contributed by atoms with Crippen molar-refractivity contribution >= 4 is 29.0 Å². The summed E-state index contributed by atoms with van der Waals surface area (Å²) in [6, 6.07) is 10.5. The van der Waals surface area contributed by atoms with E-state index in [-0.39, 0.29) is 5.91 Å². The second-order valence-corrected chi connectivity index (χ2v) is 6.68. The summed E-state index contributed by atoms with van der Waals surface area (Å²) < 4.78 is 4.10. The lowest BCUT2D eigenvalue weighted by atomic mass is 9.90. The van der Waals surface area contributed by atoms with Gasteiger partial charge in [0.05, 0.1) is 0 Å². The lowest BCUT2D eigenvalue weighted by molar-refractivity contribution is 0.0685. The lowest BCUT2D eigenvalue weighted by Gasteiger charge is -2.31. The van der Waals surface area contributed by atoms with Crippen molar-refractivity contribution in [2.24, 2.45) is 5.92 Å². The first kappa shape index (κ1) is 14.5. The van der Waals surface area contributed by atoms with Crippen molar-refractivity contribution < 1.29 is 4.79 Å². The van der Waals surface area contributed by atoms with Gasteiger partial charge in [0, 0.05) is 24.6 Å². The average Bonchev–Trinajstić information content (AvgIpc) is 2.94. The maximum Gasteiger partial charge on any atom is 0.276 e. The van der Waals surface area contributed by atoms with E-state index in [4.69, 9.17) is 11.6 Å². The number of likely N-dealkylation sites (tertiary alicyclic amines) is 1. The van der Waals surface area contributed by atoms with E-state index in [2.05, 4.69) is 33.9 Å². The molecule has 1 aromatic carbocycles. The summed E-state index contributed by atoms with van der Waals surface area (Å²) in [6.45, 7) is 1.54. The molecular weight excluding hydrogens is 306 g/mol. The van der Waals surface area contributed by atoms with E-state index in [9.17, 15) is 4.79 Å². The number of rotatable bonds is 3. The van der Waals surface area contributed by atoms with Crippen molar-refractivity contribution in [1.82, 2.24) is 14.5 Å². The molecule has 2 heterocycles. The zero-order chi connectivity index (χ0) is 14.7. The largest absolute Gasteiger partial charge is 0.337 e. The Bertz CT molecular complexity index is 608. The van der Waals surface area contributed by atoms with Gasteiger partial charge in [0.15, 0.2) is 5.69 Å². The Balaban J connectivity index is 1.56. The van der Waals surface area contributed by atoms with E-state index in [1.54, 1.807) is 0 Å².